The zero-order valence-corrected chi connectivity index (χ0v) is 12.4. The molecule has 3 N–H and O–H groups in total. The van der Waals surface area contributed by atoms with Gasteiger partial charge in [0.25, 0.3) is 0 Å². The van der Waals surface area contributed by atoms with E-state index in [4.69, 9.17) is 9.84 Å². The van der Waals surface area contributed by atoms with E-state index in [0.29, 0.717) is 31.7 Å². The van der Waals surface area contributed by atoms with E-state index in [1.54, 1.807) is 24.3 Å². The number of rotatable bonds is 8. The van der Waals surface area contributed by atoms with Crippen LogP contribution in [0.15, 0.2) is 24.3 Å². The summed E-state index contributed by atoms with van der Waals surface area (Å²) in [6.07, 6.45) is 0.435. The number of hydrogen-bond acceptors (Lipinski definition) is 3. The predicted molar refractivity (Wildman–Crippen MR) is 79.6 cm³/mol. The lowest BCUT2D eigenvalue weighted by molar-refractivity contribution is 0.0695. The third-order valence-electron chi connectivity index (χ3n) is 2.93. The summed E-state index contributed by atoms with van der Waals surface area (Å²) >= 11 is 0. The Morgan fingerprint density at radius 3 is 2.67 bits per heavy atom. The Labute approximate surface area is 124 Å². The molecule has 0 spiro atoms. The quantitative estimate of drug-likeness (QED) is 0.680. The average molecular weight is 294 g/mol. The van der Waals surface area contributed by atoms with Gasteiger partial charge in [0.1, 0.15) is 0 Å². The van der Waals surface area contributed by atoms with E-state index in [0.717, 1.165) is 0 Å². The Bertz CT molecular complexity index is 476. The van der Waals surface area contributed by atoms with Gasteiger partial charge in [0.05, 0.1) is 11.7 Å². The van der Waals surface area contributed by atoms with Crippen LogP contribution in [0.1, 0.15) is 29.8 Å². The van der Waals surface area contributed by atoms with Crippen LogP contribution in [-0.4, -0.2) is 42.9 Å². The molecule has 0 saturated heterocycles. The zero-order valence-electron chi connectivity index (χ0n) is 12.4. The normalized spacial score (nSPS) is 11.7. The molecule has 1 aromatic rings. The molecule has 1 unspecified atom stereocenters. The van der Waals surface area contributed by atoms with Gasteiger partial charge in [-0.05, 0) is 31.9 Å². The summed E-state index contributed by atoms with van der Waals surface area (Å²) in [5.41, 5.74) is 0.970. The van der Waals surface area contributed by atoms with E-state index in [1.165, 1.54) is 0 Å². The smallest absolute Gasteiger partial charge is 0.335 e. The van der Waals surface area contributed by atoms with E-state index in [9.17, 15) is 9.59 Å². The van der Waals surface area contributed by atoms with E-state index in [1.807, 2.05) is 13.8 Å². The van der Waals surface area contributed by atoms with Crippen LogP contribution in [0.4, 0.5) is 4.79 Å². The van der Waals surface area contributed by atoms with Crippen molar-refractivity contribution in [3.63, 3.8) is 0 Å². The molecular formula is C15H22N2O4. The van der Waals surface area contributed by atoms with Gasteiger partial charge in [-0.25, -0.2) is 9.59 Å². The molecule has 0 aliphatic carbocycles. The van der Waals surface area contributed by atoms with Crippen molar-refractivity contribution in [1.82, 2.24) is 10.6 Å². The highest BCUT2D eigenvalue weighted by Gasteiger charge is 2.09. The lowest BCUT2D eigenvalue weighted by Crippen LogP contribution is -2.40. The Morgan fingerprint density at radius 1 is 1.29 bits per heavy atom. The molecule has 21 heavy (non-hydrogen) atoms. The molecule has 6 heteroatoms. The number of carbonyl (C=O) groups excluding carboxylic acids is 1. The first-order valence-corrected chi connectivity index (χ1v) is 6.99. The molecule has 0 fully saturated rings. The lowest BCUT2D eigenvalue weighted by atomic mass is 10.0. The van der Waals surface area contributed by atoms with Crippen molar-refractivity contribution >= 4 is 12.0 Å². The molecule has 1 aromatic carbocycles. The van der Waals surface area contributed by atoms with Crippen LogP contribution in [0, 0.1) is 0 Å². The second kappa shape index (κ2) is 8.97. The number of carbonyl (C=O) groups is 2. The van der Waals surface area contributed by atoms with Crippen LogP contribution in [0.3, 0.4) is 0 Å². The fraction of sp³-hybridized carbons (Fsp3) is 0.467. The fourth-order valence-electron chi connectivity index (χ4n) is 1.90. The molecule has 0 heterocycles. The Hall–Kier alpha value is -2.08. The van der Waals surface area contributed by atoms with Crippen molar-refractivity contribution in [2.24, 2.45) is 0 Å². The average Bonchev–Trinajstić information content (AvgIpc) is 2.46. The molecule has 0 bridgehead atoms. The molecule has 0 radical (unpaired) electrons. The van der Waals surface area contributed by atoms with Crippen molar-refractivity contribution < 1.29 is 19.4 Å². The lowest BCUT2D eigenvalue weighted by Gasteiger charge is -2.13. The molecule has 1 rings (SSSR count). The maximum absolute atomic E-state index is 11.6. The number of aromatic carboxylic acids is 1. The van der Waals surface area contributed by atoms with Gasteiger partial charge >= 0.3 is 12.0 Å². The van der Waals surface area contributed by atoms with Gasteiger partial charge in [-0.1, -0.05) is 18.2 Å². The van der Waals surface area contributed by atoms with E-state index < -0.39 is 5.97 Å². The van der Waals surface area contributed by atoms with Crippen molar-refractivity contribution in [2.45, 2.75) is 26.4 Å². The molecule has 6 nitrogen and oxygen atoms in total. The number of ether oxygens (including phenoxy) is 1. The van der Waals surface area contributed by atoms with E-state index >= 15 is 0 Å². The number of carboxylic acids is 1. The molecule has 116 valence electrons. The van der Waals surface area contributed by atoms with Crippen molar-refractivity contribution in [3.8, 4) is 0 Å². The van der Waals surface area contributed by atoms with Crippen LogP contribution >= 0.6 is 0 Å². The second-order valence-electron chi connectivity index (χ2n) is 4.62. The number of benzene rings is 1. The predicted octanol–water partition coefficient (Wildman–Crippen LogP) is 1.65. The SMILES string of the molecule is CCOC(C)CNC(=O)NCCc1ccccc1C(=O)O. The van der Waals surface area contributed by atoms with E-state index in [2.05, 4.69) is 10.6 Å². The van der Waals surface area contributed by atoms with Crippen molar-refractivity contribution in [3.05, 3.63) is 35.4 Å². The number of amides is 2. The maximum atomic E-state index is 11.6. The van der Waals surface area contributed by atoms with Gasteiger partial charge in [-0.3, -0.25) is 0 Å². The monoisotopic (exact) mass is 294 g/mol. The number of nitrogens with one attached hydrogen (secondary N) is 2. The summed E-state index contributed by atoms with van der Waals surface area (Å²) in [6, 6.07) is 6.49. The first-order valence-electron chi connectivity index (χ1n) is 6.99. The topological polar surface area (TPSA) is 87.7 Å². The van der Waals surface area contributed by atoms with Gasteiger partial charge in [0.15, 0.2) is 0 Å². The number of urea groups is 1. The summed E-state index contributed by atoms with van der Waals surface area (Å²) in [4.78, 5) is 22.6. The molecule has 0 aromatic heterocycles. The van der Waals surface area contributed by atoms with Gasteiger partial charge in [-0.2, -0.15) is 0 Å². The highest BCUT2D eigenvalue weighted by molar-refractivity contribution is 5.89. The van der Waals surface area contributed by atoms with Crippen LogP contribution in [0.25, 0.3) is 0 Å². The number of carboxylic acid groups (broad SMARTS) is 1. The van der Waals surface area contributed by atoms with Crippen LogP contribution < -0.4 is 10.6 Å². The Balaban J connectivity index is 2.33. The summed E-state index contributed by atoms with van der Waals surface area (Å²) in [7, 11) is 0. The highest BCUT2D eigenvalue weighted by Crippen LogP contribution is 2.08. The van der Waals surface area contributed by atoms with Crippen LogP contribution in [0.5, 0.6) is 0 Å². The summed E-state index contributed by atoms with van der Waals surface area (Å²) in [6.45, 7) is 5.20. The Kier molecular flexibility index (Phi) is 7.25. The van der Waals surface area contributed by atoms with Gasteiger partial charge in [0.2, 0.25) is 0 Å². The molecule has 1 atom stereocenters. The van der Waals surface area contributed by atoms with Crippen molar-refractivity contribution in [1.29, 1.82) is 0 Å². The molecular weight excluding hydrogens is 272 g/mol. The van der Waals surface area contributed by atoms with Gasteiger partial charge < -0.3 is 20.5 Å². The minimum Gasteiger partial charge on any atom is -0.478 e. The van der Waals surface area contributed by atoms with Crippen LogP contribution in [0.2, 0.25) is 0 Å². The summed E-state index contributed by atoms with van der Waals surface area (Å²) < 4.78 is 5.30. The molecule has 0 aliphatic heterocycles. The van der Waals surface area contributed by atoms with Crippen molar-refractivity contribution in [2.75, 3.05) is 19.7 Å². The first kappa shape index (κ1) is 17.0. The zero-order chi connectivity index (χ0) is 15.7. The van der Waals surface area contributed by atoms with Gasteiger partial charge in [0, 0.05) is 19.7 Å². The molecule has 0 saturated carbocycles. The minimum atomic E-state index is -0.958. The molecule has 2 amide bonds. The minimum absolute atomic E-state index is 0.0338. The fourth-order valence-corrected chi connectivity index (χ4v) is 1.90. The second-order valence-corrected chi connectivity index (χ2v) is 4.62. The number of hydrogen-bond donors (Lipinski definition) is 3. The standard InChI is InChI=1S/C15H22N2O4/c1-3-21-11(2)10-17-15(20)16-9-8-12-6-4-5-7-13(12)14(18)19/h4-7,11H,3,8-10H2,1-2H3,(H,18,19)(H2,16,17,20). The first-order chi connectivity index (χ1) is 10.0. The Morgan fingerprint density at radius 2 is 2.00 bits per heavy atom. The summed E-state index contributed by atoms with van der Waals surface area (Å²) in [5.74, 6) is -0.958. The molecule has 0 aliphatic rings. The third kappa shape index (κ3) is 6.27. The largest absolute Gasteiger partial charge is 0.478 e. The highest BCUT2D eigenvalue weighted by atomic mass is 16.5. The van der Waals surface area contributed by atoms with Crippen LogP contribution in [-0.2, 0) is 11.2 Å². The summed E-state index contributed by atoms with van der Waals surface area (Å²) in [5, 5.41) is 14.5. The van der Waals surface area contributed by atoms with Gasteiger partial charge in [-0.15, -0.1) is 0 Å². The third-order valence-corrected chi connectivity index (χ3v) is 2.93. The maximum Gasteiger partial charge on any atom is 0.335 e. The van der Waals surface area contributed by atoms with E-state index in [-0.39, 0.29) is 17.7 Å².